The van der Waals surface area contributed by atoms with E-state index >= 15 is 0 Å². The van der Waals surface area contributed by atoms with Gasteiger partial charge < -0.3 is 14.4 Å². The van der Waals surface area contributed by atoms with Crippen molar-refractivity contribution in [3.05, 3.63) is 59.4 Å². The van der Waals surface area contributed by atoms with Gasteiger partial charge in [0.1, 0.15) is 5.75 Å². The Balaban J connectivity index is 1.47. The fourth-order valence-corrected chi connectivity index (χ4v) is 4.32. The van der Waals surface area contributed by atoms with Gasteiger partial charge in [0.25, 0.3) is 5.91 Å². The number of aromatic nitrogens is 1. The molecule has 1 saturated heterocycles. The van der Waals surface area contributed by atoms with Crippen LogP contribution in [0.3, 0.4) is 0 Å². The number of carbonyl (C=O) groups is 1. The van der Waals surface area contributed by atoms with E-state index in [-0.39, 0.29) is 24.7 Å². The summed E-state index contributed by atoms with van der Waals surface area (Å²) in [4.78, 5) is 21.6. The van der Waals surface area contributed by atoms with Crippen molar-refractivity contribution in [3.63, 3.8) is 0 Å². The second-order valence-corrected chi connectivity index (χ2v) is 8.30. The highest BCUT2D eigenvalue weighted by atomic mass is 16.5. The Morgan fingerprint density at radius 1 is 1.13 bits per heavy atom. The van der Waals surface area contributed by atoms with Crippen LogP contribution in [0.4, 0.5) is 0 Å². The minimum absolute atomic E-state index is 0.00565. The van der Waals surface area contributed by atoms with Gasteiger partial charge in [0.2, 0.25) is 0 Å². The highest BCUT2D eigenvalue weighted by molar-refractivity contribution is 5.78. The smallest absolute Gasteiger partial charge is 0.260 e. The number of para-hydroxylation sites is 1. The Bertz CT molecular complexity index is 872. The average molecular weight is 410 g/mol. The van der Waals surface area contributed by atoms with E-state index < -0.39 is 0 Å². The monoisotopic (exact) mass is 409 g/mol. The summed E-state index contributed by atoms with van der Waals surface area (Å²) in [5.74, 6) is 0.799. The first-order valence-corrected chi connectivity index (χ1v) is 10.8. The van der Waals surface area contributed by atoms with Gasteiger partial charge in [0, 0.05) is 39.5 Å². The van der Waals surface area contributed by atoms with E-state index in [0.29, 0.717) is 6.61 Å². The van der Waals surface area contributed by atoms with Gasteiger partial charge in [-0.15, -0.1) is 0 Å². The van der Waals surface area contributed by atoms with Crippen molar-refractivity contribution >= 4 is 5.91 Å². The molecule has 2 aliphatic rings. The lowest BCUT2D eigenvalue weighted by molar-refractivity contribution is -0.136. The highest BCUT2D eigenvalue weighted by Crippen LogP contribution is 2.24. The SMILES string of the molecule is Cc1cccnc1CN1C[C@H]2OCCCCc3ccccc3OCC(=O)N(C)[C@H]2C1. The molecular formula is C24H31N3O3. The number of carbonyl (C=O) groups excluding carboxylic acids is 1. The van der Waals surface area contributed by atoms with Crippen LogP contribution in [0, 0.1) is 6.92 Å². The molecule has 0 saturated carbocycles. The molecular weight excluding hydrogens is 378 g/mol. The average Bonchev–Trinajstić information content (AvgIpc) is 3.15. The largest absolute Gasteiger partial charge is 0.483 e. The number of fused-ring (bicyclic) bond motifs is 2. The number of nitrogens with zero attached hydrogens (tertiary/aromatic N) is 3. The van der Waals surface area contributed by atoms with E-state index in [4.69, 9.17) is 9.47 Å². The first-order valence-electron chi connectivity index (χ1n) is 10.8. The molecule has 0 N–H and O–H groups in total. The van der Waals surface area contributed by atoms with E-state index in [1.165, 1.54) is 5.56 Å². The van der Waals surface area contributed by atoms with Crippen LogP contribution in [-0.2, 0) is 22.5 Å². The van der Waals surface area contributed by atoms with Gasteiger partial charge in [0.15, 0.2) is 6.61 Å². The molecule has 3 heterocycles. The normalized spacial score (nSPS) is 23.5. The second kappa shape index (κ2) is 9.58. The zero-order chi connectivity index (χ0) is 20.9. The Morgan fingerprint density at radius 3 is 2.87 bits per heavy atom. The molecule has 1 fully saturated rings. The first kappa shape index (κ1) is 20.8. The lowest BCUT2D eigenvalue weighted by Crippen LogP contribution is -2.47. The number of ether oxygens (including phenoxy) is 2. The molecule has 2 atom stereocenters. The van der Waals surface area contributed by atoms with Crippen molar-refractivity contribution < 1.29 is 14.3 Å². The number of amides is 1. The van der Waals surface area contributed by atoms with Gasteiger partial charge in [-0.3, -0.25) is 14.7 Å². The molecule has 0 spiro atoms. The quantitative estimate of drug-likeness (QED) is 0.764. The zero-order valence-electron chi connectivity index (χ0n) is 17.9. The number of hydrogen-bond acceptors (Lipinski definition) is 5. The zero-order valence-corrected chi connectivity index (χ0v) is 17.9. The molecule has 0 bridgehead atoms. The predicted octanol–water partition coefficient (Wildman–Crippen LogP) is 2.83. The van der Waals surface area contributed by atoms with Crippen LogP contribution in [0.1, 0.15) is 29.7 Å². The van der Waals surface area contributed by atoms with Crippen LogP contribution in [0.2, 0.25) is 0 Å². The summed E-state index contributed by atoms with van der Waals surface area (Å²) < 4.78 is 12.2. The summed E-state index contributed by atoms with van der Waals surface area (Å²) in [7, 11) is 1.87. The molecule has 2 aromatic rings. The maximum Gasteiger partial charge on any atom is 0.260 e. The maximum atomic E-state index is 12.9. The number of benzene rings is 1. The van der Waals surface area contributed by atoms with E-state index in [2.05, 4.69) is 28.9 Å². The van der Waals surface area contributed by atoms with Crippen LogP contribution in [0.25, 0.3) is 0 Å². The third-order valence-corrected chi connectivity index (χ3v) is 6.19. The topological polar surface area (TPSA) is 54.9 Å². The molecule has 6 heteroatoms. The third-order valence-electron chi connectivity index (χ3n) is 6.19. The molecule has 4 rings (SSSR count). The Labute approximate surface area is 178 Å². The van der Waals surface area contributed by atoms with Gasteiger partial charge in [-0.05, 0) is 49.4 Å². The molecule has 160 valence electrons. The summed E-state index contributed by atoms with van der Waals surface area (Å²) in [6, 6.07) is 12.1. The Hall–Kier alpha value is -2.44. The van der Waals surface area contributed by atoms with Crippen molar-refractivity contribution in [1.29, 1.82) is 0 Å². The molecule has 1 amide bonds. The highest BCUT2D eigenvalue weighted by Gasteiger charge is 2.38. The number of rotatable bonds is 2. The summed E-state index contributed by atoms with van der Waals surface area (Å²) in [6.07, 6.45) is 4.81. The van der Waals surface area contributed by atoms with Crippen molar-refractivity contribution in [1.82, 2.24) is 14.8 Å². The van der Waals surface area contributed by atoms with Gasteiger partial charge in [-0.25, -0.2) is 0 Å². The minimum Gasteiger partial charge on any atom is -0.483 e. The van der Waals surface area contributed by atoms with Crippen LogP contribution < -0.4 is 4.74 Å². The number of aryl methyl sites for hydroxylation is 2. The van der Waals surface area contributed by atoms with Crippen LogP contribution in [0.15, 0.2) is 42.6 Å². The lowest BCUT2D eigenvalue weighted by atomic mass is 10.1. The van der Waals surface area contributed by atoms with Gasteiger partial charge in [-0.2, -0.15) is 0 Å². The Morgan fingerprint density at radius 2 is 2.00 bits per heavy atom. The van der Waals surface area contributed by atoms with E-state index in [0.717, 1.165) is 55.9 Å². The molecule has 1 aromatic carbocycles. The van der Waals surface area contributed by atoms with Crippen molar-refractivity contribution in [2.75, 3.05) is 33.4 Å². The molecule has 30 heavy (non-hydrogen) atoms. The lowest BCUT2D eigenvalue weighted by Gasteiger charge is -2.29. The fourth-order valence-electron chi connectivity index (χ4n) is 4.32. The summed E-state index contributed by atoms with van der Waals surface area (Å²) >= 11 is 0. The van der Waals surface area contributed by atoms with Crippen molar-refractivity contribution in [3.8, 4) is 5.75 Å². The molecule has 0 radical (unpaired) electrons. The molecule has 0 unspecified atom stereocenters. The van der Waals surface area contributed by atoms with Gasteiger partial charge in [0.05, 0.1) is 17.8 Å². The number of likely N-dealkylation sites (N-methyl/N-ethyl adjacent to an activating group) is 1. The van der Waals surface area contributed by atoms with E-state index in [1.54, 1.807) is 0 Å². The van der Waals surface area contributed by atoms with Crippen LogP contribution in [0.5, 0.6) is 5.75 Å². The van der Waals surface area contributed by atoms with Crippen LogP contribution in [-0.4, -0.2) is 66.2 Å². The van der Waals surface area contributed by atoms with Crippen molar-refractivity contribution in [2.45, 2.75) is 44.9 Å². The number of hydrogen-bond donors (Lipinski definition) is 0. The van der Waals surface area contributed by atoms with Gasteiger partial charge >= 0.3 is 0 Å². The minimum atomic E-state index is -0.0153. The predicted molar refractivity (Wildman–Crippen MR) is 115 cm³/mol. The van der Waals surface area contributed by atoms with E-state index in [9.17, 15) is 4.79 Å². The summed E-state index contributed by atoms with van der Waals surface area (Å²) in [5, 5.41) is 0. The molecule has 0 aliphatic carbocycles. The second-order valence-electron chi connectivity index (χ2n) is 8.30. The van der Waals surface area contributed by atoms with Crippen LogP contribution >= 0.6 is 0 Å². The summed E-state index contributed by atoms with van der Waals surface area (Å²) in [5.41, 5.74) is 3.43. The molecule has 2 aliphatic heterocycles. The molecule has 1 aromatic heterocycles. The van der Waals surface area contributed by atoms with Crippen molar-refractivity contribution in [2.24, 2.45) is 0 Å². The standard InChI is InChI=1S/C24H31N3O3/c1-18-8-7-12-25-20(18)14-27-15-21-23(16-27)29-13-6-5-10-19-9-3-4-11-22(19)30-17-24(28)26(21)2/h3-4,7-9,11-12,21,23H,5-6,10,13-17H2,1-2H3/t21-,23+/m0/s1. The molecule has 6 nitrogen and oxygen atoms in total. The number of pyridine rings is 1. The van der Waals surface area contributed by atoms with E-state index in [1.807, 2.05) is 42.4 Å². The number of likely N-dealkylation sites (tertiary alicyclic amines) is 1. The summed E-state index contributed by atoms with van der Waals surface area (Å²) in [6.45, 7) is 5.21. The fraction of sp³-hybridized carbons (Fsp3) is 0.500. The maximum absolute atomic E-state index is 12.9. The third kappa shape index (κ3) is 4.82. The van der Waals surface area contributed by atoms with Gasteiger partial charge in [-0.1, -0.05) is 24.3 Å². The Kier molecular flexibility index (Phi) is 6.65. The first-order chi connectivity index (χ1) is 14.6.